The number of aromatic amines is 2. The average Bonchev–Trinajstić information content (AvgIpc) is 3.62. The van der Waals surface area contributed by atoms with Crippen molar-refractivity contribution in [3.8, 4) is 0 Å². The molecule has 4 aromatic heterocycles. The van der Waals surface area contributed by atoms with Crippen molar-refractivity contribution in [3.63, 3.8) is 0 Å². The Morgan fingerprint density at radius 3 is 1.94 bits per heavy atom. The molecule has 0 aliphatic heterocycles. The Morgan fingerprint density at radius 1 is 0.529 bits per heavy atom. The number of nitrogens with one attached hydrogen (secondary N) is 2. The standard InChI is InChI=1S/C28H14N4O2/c33-27-18-12-14-11-17-24(28(34)31-9-7-29-25(17)31)22-16-6-2-4-13-3-1-5-15(19(13)16)21(20(14)22)23(18)26-30-8-10-32(26)27/h1-12,29-30H. The topological polar surface area (TPSA) is 74.5 Å². The van der Waals surface area contributed by atoms with Crippen LogP contribution in [0.25, 0.3) is 75.9 Å². The Morgan fingerprint density at radius 2 is 1.18 bits per heavy atom. The van der Waals surface area contributed by atoms with Crippen molar-refractivity contribution in [3.05, 3.63) is 94.0 Å². The molecule has 0 saturated carbocycles. The van der Waals surface area contributed by atoms with E-state index >= 15 is 0 Å². The fourth-order valence-electron chi connectivity index (χ4n) is 6.35. The Hall–Kier alpha value is -4.84. The summed E-state index contributed by atoms with van der Waals surface area (Å²) in [6, 6.07) is 16.6. The summed E-state index contributed by atoms with van der Waals surface area (Å²) in [5.41, 5.74) is 1.49. The van der Waals surface area contributed by atoms with E-state index in [0.29, 0.717) is 10.8 Å². The number of nitrogens with zero attached hydrogens (tertiary/aromatic N) is 2. The highest BCUT2D eigenvalue weighted by atomic mass is 16.1. The van der Waals surface area contributed by atoms with Crippen molar-refractivity contribution in [2.45, 2.75) is 0 Å². The van der Waals surface area contributed by atoms with E-state index in [9.17, 15) is 9.59 Å². The van der Waals surface area contributed by atoms with Crippen LogP contribution in [0.15, 0.2) is 82.9 Å². The van der Waals surface area contributed by atoms with Gasteiger partial charge < -0.3 is 9.97 Å². The molecule has 5 aromatic carbocycles. The van der Waals surface area contributed by atoms with Crippen molar-refractivity contribution in [2.75, 3.05) is 0 Å². The predicted molar refractivity (Wildman–Crippen MR) is 137 cm³/mol. The number of imidazole rings is 2. The number of hydrogen-bond donors (Lipinski definition) is 2. The fraction of sp³-hybridized carbons (Fsp3) is 0. The van der Waals surface area contributed by atoms with Gasteiger partial charge in [0.1, 0.15) is 11.3 Å². The van der Waals surface area contributed by atoms with Crippen LogP contribution in [-0.2, 0) is 0 Å². The molecule has 6 heteroatoms. The summed E-state index contributed by atoms with van der Waals surface area (Å²) in [6.45, 7) is 0. The third-order valence-corrected chi connectivity index (χ3v) is 7.61. The van der Waals surface area contributed by atoms with Crippen molar-refractivity contribution in [1.29, 1.82) is 0 Å². The first-order valence-electron chi connectivity index (χ1n) is 11.2. The molecule has 0 bridgehead atoms. The van der Waals surface area contributed by atoms with Crippen LogP contribution >= 0.6 is 0 Å². The smallest absolute Gasteiger partial charge is 0.264 e. The van der Waals surface area contributed by atoms with E-state index < -0.39 is 0 Å². The van der Waals surface area contributed by atoms with E-state index in [2.05, 4.69) is 52.4 Å². The number of aromatic nitrogens is 4. The molecular formula is C28H14N4O2. The first kappa shape index (κ1) is 16.7. The summed E-state index contributed by atoms with van der Waals surface area (Å²) in [5.74, 6) is 0. The highest BCUT2D eigenvalue weighted by Crippen LogP contribution is 2.46. The molecule has 0 fully saturated rings. The lowest BCUT2D eigenvalue weighted by atomic mass is 9.86. The molecule has 34 heavy (non-hydrogen) atoms. The van der Waals surface area contributed by atoms with E-state index in [-0.39, 0.29) is 11.1 Å². The van der Waals surface area contributed by atoms with Gasteiger partial charge in [0.15, 0.2) is 0 Å². The second kappa shape index (κ2) is 5.21. The predicted octanol–water partition coefficient (Wildman–Crippen LogP) is 5.36. The molecular weight excluding hydrogens is 424 g/mol. The molecule has 0 spiro atoms. The summed E-state index contributed by atoms with van der Waals surface area (Å²) in [7, 11) is 0. The molecule has 0 aliphatic carbocycles. The summed E-state index contributed by atoms with van der Waals surface area (Å²) in [5, 5.41) is 11.5. The van der Waals surface area contributed by atoms with E-state index in [1.165, 1.54) is 0 Å². The summed E-state index contributed by atoms with van der Waals surface area (Å²) < 4.78 is 3.36. The van der Waals surface area contributed by atoms with Gasteiger partial charge in [0.05, 0.1) is 10.8 Å². The van der Waals surface area contributed by atoms with Crippen molar-refractivity contribution in [2.24, 2.45) is 0 Å². The Labute approximate surface area is 188 Å². The van der Waals surface area contributed by atoms with E-state index in [0.717, 1.165) is 65.2 Å². The first-order valence-corrected chi connectivity index (χ1v) is 11.2. The van der Waals surface area contributed by atoms with Crippen LogP contribution in [0.2, 0.25) is 0 Å². The Kier molecular flexibility index (Phi) is 2.56. The fourth-order valence-corrected chi connectivity index (χ4v) is 6.35. The van der Waals surface area contributed by atoms with E-state index in [4.69, 9.17) is 0 Å². The lowest BCUT2D eigenvalue weighted by molar-refractivity contribution is 1.17. The largest absolute Gasteiger partial charge is 0.346 e. The van der Waals surface area contributed by atoms with Gasteiger partial charge in [-0.2, -0.15) is 0 Å². The monoisotopic (exact) mass is 438 g/mol. The molecule has 6 nitrogen and oxygen atoms in total. The van der Waals surface area contributed by atoms with Crippen molar-refractivity contribution >= 4 is 75.9 Å². The average molecular weight is 438 g/mol. The van der Waals surface area contributed by atoms with Crippen LogP contribution < -0.4 is 11.1 Å². The maximum absolute atomic E-state index is 13.7. The lowest BCUT2D eigenvalue weighted by Crippen LogP contribution is -2.05. The molecule has 0 amide bonds. The molecule has 9 rings (SSSR count). The summed E-state index contributed by atoms with van der Waals surface area (Å²) >= 11 is 0. The minimum absolute atomic E-state index is 0.0306. The van der Waals surface area contributed by atoms with Crippen LogP contribution in [0.3, 0.4) is 0 Å². The quantitative estimate of drug-likeness (QED) is 0.247. The molecule has 0 aliphatic rings. The molecule has 0 unspecified atom stereocenters. The van der Waals surface area contributed by atoms with E-state index in [1.807, 2.05) is 6.07 Å². The van der Waals surface area contributed by atoms with Crippen LogP contribution in [0.5, 0.6) is 0 Å². The van der Waals surface area contributed by atoms with Gasteiger partial charge in [-0.05, 0) is 44.5 Å². The van der Waals surface area contributed by atoms with E-state index in [1.54, 1.807) is 33.6 Å². The maximum atomic E-state index is 13.7. The van der Waals surface area contributed by atoms with Gasteiger partial charge in [-0.15, -0.1) is 0 Å². The number of benzene rings is 5. The number of fused-ring (bicyclic) bond motifs is 10. The van der Waals surface area contributed by atoms with Crippen LogP contribution in [0.1, 0.15) is 0 Å². The highest BCUT2D eigenvalue weighted by molar-refractivity contribution is 6.43. The van der Waals surface area contributed by atoms with Gasteiger partial charge in [-0.25, -0.2) is 0 Å². The summed E-state index contributed by atoms with van der Waals surface area (Å²) in [6.07, 6.45) is 7.13. The minimum Gasteiger partial charge on any atom is -0.346 e. The number of H-pyrrole nitrogens is 2. The molecule has 0 radical (unpaired) electrons. The normalized spacial score (nSPS) is 12.9. The molecule has 0 saturated heterocycles. The number of hydrogen-bond acceptors (Lipinski definition) is 2. The Balaban J connectivity index is 1.81. The van der Waals surface area contributed by atoms with Gasteiger partial charge in [-0.3, -0.25) is 18.4 Å². The highest BCUT2D eigenvalue weighted by Gasteiger charge is 2.24. The van der Waals surface area contributed by atoms with Gasteiger partial charge in [0.2, 0.25) is 0 Å². The van der Waals surface area contributed by atoms with Crippen LogP contribution in [0.4, 0.5) is 0 Å². The SMILES string of the molecule is O=c1c2c(cc3cc4c(=O)n5cc[nH]c5c4c4c5cccc6cccc(c65)c2c34)c2[nH]ccn12. The van der Waals surface area contributed by atoms with Crippen molar-refractivity contribution in [1.82, 2.24) is 18.8 Å². The van der Waals surface area contributed by atoms with Crippen LogP contribution in [-0.4, -0.2) is 18.8 Å². The summed E-state index contributed by atoms with van der Waals surface area (Å²) in [4.78, 5) is 33.5. The first-order chi connectivity index (χ1) is 16.7. The Bertz CT molecular complexity index is 2430. The second-order valence-electron chi connectivity index (χ2n) is 9.12. The number of rotatable bonds is 0. The second-order valence-corrected chi connectivity index (χ2v) is 9.12. The third kappa shape index (κ3) is 1.62. The molecule has 158 valence electrons. The van der Waals surface area contributed by atoms with Crippen LogP contribution in [0, 0.1) is 0 Å². The van der Waals surface area contributed by atoms with Gasteiger partial charge in [0, 0.05) is 46.3 Å². The van der Waals surface area contributed by atoms with Gasteiger partial charge in [-0.1, -0.05) is 36.4 Å². The molecule has 4 heterocycles. The van der Waals surface area contributed by atoms with Gasteiger partial charge in [0.25, 0.3) is 11.1 Å². The molecule has 2 N–H and O–H groups in total. The van der Waals surface area contributed by atoms with Gasteiger partial charge >= 0.3 is 0 Å². The minimum atomic E-state index is -0.0384. The molecule has 0 atom stereocenters. The maximum Gasteiger partial charge on any atom is 0.264 e. The molecule has 9 aromatic rings. The van der Waals surface area contributed by atoms with Crippen molar-refractivity contribution < 1.29 is 0 Å². The lowest BCUT2D eigenvalue weighted by Gasteiger charge is -2.16. The zero-order chi connectivity index (χ0) is 22.3. The zero-order valence-electron chi connectivity index (χ0n) is 17.6. The third-order valence-electron chi connectivity index (χ3n) is 7.61. The zero-order valence-corrected chi connectivity index (χ0v) is 17.6.